The number of esters is 1. The molecule has 10 nitrogen and oxygen atoms in total. The van der Waals surface area contributed by atoms with Crippen molar-refractivity contribution < 1.29 is 27.7 Å². The number of ether oxygens (including phenoxy) is 1. The lowest BCUT2D eigenvalue weighted by atomic mass is 10.2. The standard InChI is InChI=1S/C17H17N3O7S/c1-11-8-13(20(23)24)6-7-15(11)19-16(21)10-27-17(22)12-4-3-5-14(9-12)28(25,26)18-2/h3-9,18H,10H2,1-2H3,(H,19,21). The summed E-state index contributed by atoms with van der Waals surface area (Å²) < 4.78 is 30.6. The van der Waals surface area contributed by atoms with E-state index in [0.717, 1.165) is 6.07 Å². The Kier molecular flexibility index (Phi) is 6.44. The third kappa shape index (κ3) is 5.11. The number of nitro groups is 1. The monoisotopic (exact) mass is 407 g/mol. The molecule has 0 unspecified atom stereocenters. The van der Waals surface area contributed by atoms with Gasteiger partial charge in [0.05, 0.1) is 15.4 Å². The van der Waals surface area contributed by atoms with Crippen molar-refractivity contribution in [1.82, 2.24) is 4.72 Å². The highest BCUT2D eigenvalue weighted by Crippen LogP contribution is 2.21. The lowest BCUT2D eigenvalue weighted by Crippen LogP contribution is -2.22. The smallest absolute Gasteiger partial charge is 0.338 e. The number of amides is 1. The summed E-state index contributed by atoms with van der Waals surface area (Å²) in [6.07, 6.45) is 0. The van der Waals surface area contributed by atoms with Crippen LogP contribution < -0.4 is 10.0 Å². The van der Waals surface area contributed by atoms with Gasteiger partial charge in [-0.25, -0.2) is 17.9 Å². The predicted octanol–water partition coefficient (Wildman–Crippen LogP) is 1.61. The second-order valence-corrected chi connectivity index (χ2v) is 7.50. The lowest BCUT2D eigenvalue weighted by molar-refractivity contribution is -0.384. The van der Waals surface area contributed by atoms with Crippen molar-refractivity contribution in [2.45, 2.75) is 11.8 Å². The van der Waals surface area contributed by atoms with Crippen LogP contribution in [-0.4, -0.2) is 38.9 Å². The molecule has 0 radical (unpaired) electrons. The zero-order chi connectivity index (χ0) is 20.9. The van der Waals surface area contributed by atoms with E-state index in [4.69, 9.17) is 4.74 Å². The fourth-order valence-electron chi connectivity index (χ4n) is 2.21. The summed E-state index contributed by atoms with van der Waals surface area (Å²) in [7, 11) is -2.48. The highest BCUT2D eigenvalue weighted by molar-refractivity contribution is 7.89. The molecule has 0 aliphatic heterocycles. The number of sulfonamides is 1. The zero-order valence-corrected chi connectivity index (χ0v) is 15.8. The molecule has 28 heavy (non-hydrogen) atoms. The number of nitro benzene ring substituents is 1. The SMILES string of the molecule is CNS(=O)(=O)c1cccc(C(=O)OCC(=O)Nc2ccc([N+](=O)[O-])cc2C)c1. The molecule has 2 aromatic carbocycles. The largest absolute Gasteiger partial charge is 0.452 e. The average molecular weight is 407 g/mol. The minimum Gasteiger partial charge on any atom is -0.452 e. The third-order valence-electron chi connectivity index (χ3n) is 3.68. The summed E-state index contributed by atoms with van der Waals surface area (Å²) in [6, 6.07) is 9.09. The molecular formula is C17H17N3O7S. The Morgan fingerprint density at radius 3 is 2.50 bits per heavy atom. The van der Waals surface area contributed by atoms with Crippen LogP contribution in [0.5, 0.6) is 0 Å². The molecule has 2 aromatic rings. The number of hydrogen-bond acceptors (Lipinski definition) is 7. The van der Waals surface area contributed by atoms with Gasteiger partial charge in [-0.15, -0.1) is 0 Å². The molecule has 0 aromatic heterocycles. The van der Waals surface area contributed by atoms with Gasteiger partial charge in [0.15, 0.2) is 6.61 Å². The maximum absolute atomic E-state index is 12.1. The molecule has 148 valence electrons. The molecule has 0 heterocycles. The summed E-state index contributed by atoms with van der Waals surface area (Å²) >= 11 is 0. The molecule has 0 saturated carbocycles. The minimum absolute atomic E-state index is 0.0318. The number of benzene rings is 2. The maximum atomic E-state index is 12.1. The van der Waals surface area contributed by atoms with E-state index in [1.807, 2.05) is 0 Å². The van der Waals surface area contributed by atoms with Crippen molar-refractivity contribution in [3.8, 4) is 0 Å². The lowest BCUT2D eigenvalue weighted by Gasteiger charge is -2.09. The Morgan fingerprint density at radius 1 is 1.18 bits per heavy atom. The fraction of sp³-hybridized carbons (Fsp3) is 0.176. The first-order valence-electron chi connectivity index (χ1n) is 7.89. The molecule has 0 aliphatic rings. The van der Waals surface area contributed by atoms with E-state index in [9.17, 15) is 28.1 Å². The van der Waals surface area contributed by atoms with Gasteiger partial charge in [0.2, 0.25) is 10.0 Å². The molecule has 1 amide bonds. The number of rotatable bonds is 7. The predicted molar refractivity (Wildman–Crippen MR) is 99.4 cm³/mol. The zero-order valence-electron chi connectivity index (χ0n) is 15.0. The van der Waals surface area contributed by atoms with Crippen LogP contribution in [0.1, 0.15) is 15.9 Å². The first kappa shape index (κ1) is 21.0. The number of hydrogen-bond donors (Lipinski definition) is 2. The molecule has 0 fully saturated rings. The number of aryl methyl sites for hydroxylation is 1. The van der Waals surface area contributed by atoms with Gasteiger partial charge in [-0.3, -0.25) is 14.9 Å². The Hall–Kier alpha value is -3.31. The van der Waals surface area contributed by atoms with E-state index >= 15 is 0 Å². The number of non-ortho nitro benzene ring substituents is 1. The van der Waals surface area contributed by atoms with Gasteiger partial charge in [0.25, 0.3) is 11.6 Å². The van der Waals surface area contributed by atoms with Gasteiger partial charge in [-0.2, -0.15) is 0 Å². The molecule has 2 rings (SSSR count). The highest BCUT2D eigenvalue weighted by atomic mass is 32.2. The van der Waals surface area contributed by atoms with Gasteiger partial charge < -0.3 is 10.1 Å². The first-order valence-corrected chi connectivity index (χ1v) is 9.38. The Balaban J connectivity index is 2.01. The number of nitrogens with zero attached hydrogens (tertiary/aromatic N) is 1. The number of carbonyl (C=O) groups excluding carboxylic acids is 2. The topological polar surface area (TPSA) is 145 Å². The second-order valence-electron chi connectivity index (χ2n) is 5.62. The van der Waals surface area contributed by atoms with E-state index in [1.165, 1.54) is 43.4 Å². The molecule has 0 bridgehead atoms. The molecule has 2 N–H and O–H groups in total. The van der Waals surface area contributed by atoms with Gasteiger partial charge in [0.1, 0.15) is 0 Å². The summed E-state index contributed by atoms with van der Waals surface area (Å²) in [5.41, 5.74) is 0.668. The van der Waals surface area contributed by atoms with Crippen LogP contribution in [0.25, 0.3) is 0 Å². The van der Waals surface area contributed by atoms with Crippen LogP contribution in [0.2, 0.25) is 0 Å². The third-order valence-corrected chi connectivity index (χ3v) is 5.09. The highest BCUT2D eigenvalue weighted by Gasteiger charge is 2.16. The Bertz CT molecular complexity index is 1030. The molecule has 0 aliphatic carbocycles. The summed E-state index contributed by atoms with van der Waals surface area (Å²) in [4.78, 5) is 34.1. The van der Waals surface area contributed by atoms with Gasteiger partial charge in [0, 0.05) is 17.8 Å². The van der Waals surface area contributed by atoms with Gasteiger partial charge in [-0.05, 0) is 43.8 Å². The van der Waals surface area contributed by atoms with Crippen molar-refractivity contribution in [2.75, 3.05) is 19.0 Å². The first-order chi connectivity index (χ1) is 13.1. The Labute approximate surface area is 160 Å². The fourth-order valence-corrected chi connectivity index (χ4v) is 2.99. The second kappa shape index (κ2) is 8.59. The van der Waals surface area contributed by atoms with Crippen LogP contribution in [0, 0.1) is 17.0 Å². The van der Waals surface area contributed by atoms with Crippen LogP contribution >= 0.6 is 0 Å². The van der Waals surface area contributed by atoms with Crippen LogP contribution in [0.4, 0.5) is 11.4 Å². The van der Waals surface area contributed by atoms with E-state index in [-0.39, 0.29) is 16.1 Å². The normalized spacial score (nSPS) is 10.9. The molecule has 0 atom stereocenters. The van der Waals surface area contributed by atoms with E-state index in [1.54, 1.807) is 6.92 Å². The van der Waals surface area contributed by atoms with E-state index in [0.29, 0.717) is 11.3 Å². The van der Waals surface area contributed by atoms with Gasteiger partial charge >= 0.3 is 5.97 Å². The quantitative estimate of drug-likeness (QED) is 0.403. The van der Waals surface area contributed by atoms with E-state index < -0.39 is 33.4 Å². The number of nitrogens with one attached hydrogen (secondary N) is 2. The van der Waals surface area contributed by atoms with Gasteiger partial charge in [-0.1, -0.05) is 6.07 Å². The number of anilines is 1. The van der Waals surface area contributed by atoms with Crippen molar-refractivity contribution in [3.05, 3.63) is 63.7 Å². The van der Waals surface area contributed by atoms with Crippen LogP contribution in [-0.2, 0) is 19.6 Å². The van der Waals surface area contributed by atoms with Crippen LogP contribution in [0.3, 0.4) is 0 Å². The van der Waals surface area contributed by atoms with Crippen molar-refractivity contribution >= 4 is 33.3 Å². The minimum atomic E-state index is -3.73. The van der Waals surface area contributed by atoms with E-state index in [2.05, 4.69) is 10.0 Å². The summed E-state index contributed by atoms with van der Waals surface area (Å²) in [6.45, 7) is 0.973. The molecule has 11 heteroatoms. The molecular weight excluding hydrogens is 390 g/mol. The van der Waals surface area contributed by atoms with Crippen LogP contribution in [0.15, 0.2) is 47.4 Å². The Morgan fingerprint density at radius 2 is 1.89 bits per heavy atom. The molecule has 0 saturated heterocycles. The average Bonchev–Trinajstić information content (AvgIpc) is 2.67. The maximum Gasteiger partial charge on any atom is 0.338 e. The summed E-state index contributed by atoms with van der Waals surface area (Å²) in [5.74, 6) is -1.52. The number of carbonyl (C=O) groups is 2. The molecule has 0 spiro atoms. The van der Waals surface area contributed by atoms with Crippen molar-refractivity contribution in [1.29, 1.82) is 0 Å². The van der Waals surface area contributed by atoms with Crippen molar-refractivity contribution in [3.63, 3.8) is 0 Å². The van der Waals surface area contributed by atoms with Crippen molar-refractivity contribution in [2.24, 2.45) is 0 Å². The summed E-state index contributed by atoms with van der Waals surface area (Å²) in [5, 5.41) is 13.2.